The Morgan fingerprint density at radius 1 is 0.815 bits per heavy atom. The van der Waals surface area contributed by atoms with Crippen LogP contribution in [0.2, 0.25) is 0 Å². The molecule has 27 heavy (non-hydrogen) atoms. The SMILES string of the molecule is O=C(O)C1=CC=C(c2ccc(C(=O)O)cc2)C(=C(C(F)(F)F)C(F)(F)F)C1. The molecule has 1 aliphatic carbocycles. The molecule has 0 aliphatic heterocycles. The number of carbonyl (C=O) groups is 2. The van der Waals surface area contributed by atoms with Crippen LogP contribution in [0.15, 0.2) is 53.1 Å². The molecule has 10 heteroatoms. The van der Waals surface area contributed by atoms with Gasteiger partial charge >= 0.3 is 24.3 Å². The van der Waals surface area contributed by atoms with Gasteiger partial charge in [-0.25, -0.2) is 9.59 Å². The molecule has 0 fully saturated rings. The second-order valence-corrected chi connectivity index (χ2v) is 5.49. The summed E-state index contributed by atoms with van der Waals surface area (Å²) in [6.45, 7) is 0. The zero-order valence-corrected chi connectivity index (χ0v) is 13.1. The molecule has 4 nitrogen and oxygen atoms in total. The number of benzene rings is 1. The molecule has 0 atom stereocenters. The van der Waals surface area contributed by atoms with Crippen molar-refractivity contribution in [1.82, 2.24) is 0 Å². The summed E-state index contributed by atoms with van der Waals surface area (Å²) in [5.74, 6) is -2.97. The molecular formula is C17H10F6O4. The second kappa shape index (κ2) is 6.93. The van der Waals surface area contributed by atoms with Gasteiger partial charge in [0.2, 0.25) is 0 Å². The van der Waals surface area contributed by atoms with E-state index in [1.807, 2.05) is 0 Å². The zero-order valence-electron chi connectivity index (χ0n) is 13.1. The summed E-state index contributed by atoms with van der Waals surface area (Å²) >= 11 is 0. The Morgan fingerprint density at radius 2 is 1.33 bits per heavy atom. The maximum absolute atomic E-state index is 13.1. The lowest BCUT2D eigenvalue weighted by molar-refractivity contribution is -0.173. The van der Waals surface area contributed by atoms with E-state index in [9.17, 15) is 35.9 Å². The number of rotatable bonds is 3. The van der Waals surface area contributed by atoms with Gasteiger partial charge in [0.25, 0.3) is 0 Å². The van der Waals surface area contributed by atoms with Crippen LogP contribution in [0.4, 0.5) is 26.3 Å². The quantitative estimate of drug-likeness (QED) is 0.737. The fourth-order valence-electron chi connectivity index (χ4n) is 2.56. The summed E-state index contributed by atoms with van der Waals surface area (Å²) in [6, 6.07) is 4.15. The van der Waals surface area contributed by atoms with E-state index >= 15 is 0 Å². The third-order valence-electron chi connectivity index (χ3n) is 3.73. The highest BCUT2D eigenvalue weighted by Gasteiger charge is 2.53. The van der Waals surface area contributed by atoms with Gasteiger partial charge in [0.05, 0.1) is 5.56 Å². The van der Waals surface area contributed by atoms with Crippen molar-refractivity contribution in [3.05, 3.63) is 64.3 Å². The average Bonchev–Trinajstić information content (AvgIpc) is 2.52. The largest absolute Gasteiger partial charge is 0.478 e. The van der Waals surface area contributed by atoms with Gasteiger partial charge in [-0.2, -0.15) is 26.3 Å². The number of carboxylic acid groups (broad SMARTS) is 2. The van der Waals surface area contributed by atoms with E-state index in [-0.39, 0.29) is 11.1 Å². The Morgan fingerprint density at radius 3 is 1.74 bits per heavy atom. The second-order valence-electron chi connectivity index (χ2n) is 5.49. The minimum atomic E-state index is -5.77. The monoisotopic (exact) mass is 392 g/mol. The van der Waals surface area contributed by atoms with Crippen molar-refractivity contribution < 1.29 is 46.1 Å². The van der Waals surface area contributed by atoms with E-state index in [0.717, 1.165) is 36.4 Å². The first-order valence-electron chi connectivity index (χ1n) is 7.18. The topological polar surface area (TPSA) is 74.6 Å². The van der Waals surface area contributed by atoms with Crippen molar-refractivity contribution in [2.24, 2.45) is 0 Å². The number of alkyl halides is 6. The Bertz CT molecular complexity index is 854. The van der Waals surface area contributed by atoms with Crippen LogP contribution in [0, 0.1) is 0 Å². The van der Waals surface area contributed by atoms with Gasteiger partial charge in [-0.15, -0.1) is 0 Å². The molecule has 0 bridgehead atoms. The van der Waals surface area contributed by atoms with Gasteiger partial charge in [0, 0.05) is 12.0 Å². The van der Waals surface area contributed by atoms with Crippen LogP contribution < -0.4 is 0 Å². The lowest BCUT2D eigenvalue weighted by Gasteiger charge is -2.24. The van der Waals surface area contributed by atoms with Gasteiger partial charge in [-0.1, -0.05) is 24.3 Å². The van der Waals surface area contributed by atoms with Gasteiger partial charge in [-0.3, -0.25) is 0 Å². The molecule has 0 radical (unpaired) electrons. The van der Waals surface area contributed by atoms with E-state index < -0.39 is 53.0 Å². The van der Waals surface area contributed by atoms with Crippen LogP contribution in [0.5, 0.6) is 0 Å². The van der Waals surface area contributed by atoms with E-state index in [2.05, 4.69) is 0 Å². The van der Waals surface area contributed by atoms with Gasteiger partial charge in [-0.05, 0) is 28.8 Å². The highest BCUT2D eigenvalue weighted by Crippen LogP contribution is 2.46. The van der Waals surface area contributed by atoms with Crippen LogP contribution in [0.3, 0.4) is 0 Å². The summed E-state index contributed by atoms with van der Waals surface area (Å²) < 4.78 is 78.8. The predicted molar refractivity (Wildman–Crippen MR) is 80.9 cm³/mol. The first-order valence-corrected chi connectivity index (χ1v) is 7.18. The summed E-state index contributed by atoms with van der Waals surface area (Å²) in [6.07, 6.45) is -10.9. The van der Waals surface area contributed by atoms with E-state index in [1.54, 1.807) is 0 Å². The highest BCUT2D eigenvalue weighted by molar-refractivity contribution is 5.94. The van der Waals surface area contributed by atoms with Crippen LogP contribution in [0.25, 0.3) is 5.57 Å². The van der Waals surface area contributed by atoms with Crippen molar-refractivity contribution in [3.63, 3.8) is 0 Å². The minimum Gasteiger partial charge on any atom is -0.478 e. The highest BCUT2D eigenvalue weighted by atomic mass is 19.4. The molecule has 0 unspecified atom stereocenters. The Kier molecular flexibility index (Phi) is 5.21. The summed E-state index contributed by atoms with van der Waals surface area (Å²) in [7, 11) is 0. The summed E-state index contributed by atoms with van der Waals surface area (Å²) in [5.41, 5.74) is -5.48. The van der Waals surface area contributed by atoms with Crippen molar-refractivity contribution in [2.75, 3.05) is 0 Å². The molecule has 0 saturated carbocycles. The third-order valence-corrected chi connectivity index (χ3v) is 3.73. The number of aliphatic carboxylic acids is 1. The molecule has 1 aromatic rings. The van der Waals surface area contributed by atoms with Crippen LogP contribution >= 0.6 is 0 Å². The number of aromatic carboxylic acids is 1. The first-order chi connectivity index (χ1) is 12.3. The van der Waals surface area contributed by atoms with Crippen molar-refractivity contribution in [3.8, 4) is 0 Å². The fourth-order valence-corrected chi connectivity index (χ4v) is 2.56. The molecule has 0 spiro atoms. The predicted octanol–water partition coefficient (Wildman–Crippen LogP) is 4.60. The number of carboxylic acids is 2. The van der Waals surface area contributed by atoms with Crippen molar-refractivity contribution in [1.29, 1.82) is 0 Å². The minimum absolute atomic E-state index is 0.110. The third kappa shape index (κ3) is 4.39. The molecule has 0 amide bonds. The standard InChI is InChI=1S/C17H10F6O4/c18-16(19,20)13(17(21,22)23)12-7-10(15(26)27)5-6-11(12)8-1-3-9(4-2-8)14(24)25/h1-6H,7H2,(H,24,25)(H,26,27). The molecule has 2 rings (SSSR count). The van der Waals surface area contributed by atoms with Crippen molar-refractivity contribution in [2.45, 2.75) is 18.8 Å². The average molecular weight is 392 g/mol. The van der Waals surface area contributed by atoms with Crippen LogP contribution in [0.1, 0.15) is 22.3 Å². The van der Waals surface area contributed by atoms with Crippen molar-refractivity contribution >= 4 is 17.5 Å². The first kappa shape index (κ1) is 20.3. The Labute approximate surface area is 147 Å². The molecule has 2 N–H and O–H groups in total. The molecule has 0 heterocycles. The summed E-state index contributed by atoms with van der Waals surface area (Å²) in [5, 5.41) is 17.8. The van der Waals surface area contributed by atoms with E-state index in [4.69, 9.17) is 10.2 Å². The smallest absolute Gasteiger partial charge is 0.421 e. The molecular weight excluding hydrogens is 382 g/mol. The van der Waals surface area contributed by atoms with Crippen LogP contribution in [-0.4, -0.2) is 34.5 Å². The zero-order chi connectivity index (χ0) is 20.6. The fraction of sp³-hybridized carbons (Fsp3) is 0.176. The lowest BCUT2D eigenvalue weighted by atomic mass is 9.84. The summed E-state index contributed by atoms with van der Waals surface area (Å²) in [4.78, 5) is 21.9. The normalized spacial score (nSPS) is 15.1. The van der Waals surface area contributed by atoms with Crippen LogP contribution in [-0.2, 0) is 4.79 Å². The van der Waals surface area contributed by atoms with E-state index in [0.29, 0.717) is 0 Å². The molecule has 144 valence electrons. The van der Waals surface area contributed by atoms with Gasteiger partial charge < -0.3 is 10.2 Å². The Balaban J connectivity index is 2.74. The van der Waals surface area contributed by atoms with Gasteiger partial charge in [0.1, 0.15) is 5.57 Å². The lowest BCUT2D eigenvalue weighted by Crippen LogP contribution is -2.29. The number of hydrogen-bond donors (Lipinski definition) is 2. The number of allylic oxidation sites excluding steroid dienone is 5. The van der Waals surface area contributed by atoms with Gasteiger partial charge in [0.15, 0.2) is 0 Å². The molecule has 0 aromatic heterocycles. The number of halogens is 6. The number of hydrogen-bond acceptors (Lipinski definition) is 2. The maximum Gasteiger partial charge on any atom is 0.421 e. The Hall–Kier alpha value is -3.04. The molecule has 1 aromatic carbocycles. The molecule has 0 saturated heterocycles. The molecule has 1 aliphatic rings. The maximum atomic E-state index is 13.1. The van der Waals surface area contributed by atoms with E-state index in [1.165, 1.54) is 0 Å².